The third-order valence-electron chi connectivity index (χ3n) is 4.51. The van der Waals surface area contributed by atoms with E-state index in [-0.39, 0.29) is 23.7 Å². The lowest BCUT2D eigenvalue weighted by Crippen LogP contribution is -2.43. The molecule has 0 spiro atoms. The fourth-order valence-corrected chi connectivity index (χ4v) is 3.12. The predicted molar refractivity (Wildman–Crippen MR) is 85.3 cm³/mol. The highest BCUT2D eigenvalue weighted by molar-refractivity contribution is 6.31. The Morgan fingerprint density at radius 2 is 1.77 bits per heavy atom. The Morgan fingerprint density at radius 3 is 2.41 bits per heavy atom. The smallest absolute Gasteiger partial charge is 0.225 e. The Morgan fingerprint density at radius 1 is 1.09 bits per heavy atom. The van der Waals surface area contributed by atoms with Gasteiger partial charge in [-0.1, -0.05) is 29.8 Å². The normalized spacial score (nSPS) is 19.0. The van der Waals surface area contributed by atoms with E-state index in [1.165, 1.54) is 0 Å². The van der Waals surface area contributed by atoms with Crippen molar-refractivity contribution in [2.75, 3.05) is 13.1 Å². The highest BCUT2D eigenvalue weighted by Crippen LogP contribution is 2.32. The summed E-state index contributed by atoms with van der Waals surface area (Å²) in [7, 11) is 0. The van der Waals surface area contributed by atoms with Crippen LogP contribution >= 0.6 is 11.6 Å². The number of piperidine rings is 1. The van der Waals surface area contributed by atoms with E-state index >= 15 is 0 Å². The molecule has 2 fully saturated rings. The van der Waals surface area contributed by atoms with E-state index in [2.05, 4.69) is 5.32 Å². The lowest BCUT2D eigenvalue weighted by molar-refractivity contribution is -0.136. The van der Waals surface area contributed by atoms with E-state index in [0.717, 1.165) is 31.2 Å². The quantitative estimate of drug-likeness (QED) is 0.927. The molecular weight excluding hydrogens is 300 g/mol. The first-order valence-corrected chi connectivity index (χ1v) is 8.33. The minimum atomic E-state index is 0.00532. The molecule has 1 aromatic rings. The van der Waals surface area contributed by atoms with Crippen molar-refractivity contribution in [2.45, 2.75) is 32.2 Å². The van der Waals surface area contributed by atoms with Gasteiger partial charge in [-0.2, -0.15) is 0 Å². The first-order valence-electron chi connectivity index (χ1n) is 7.95. The number of halogens is 1. The van der Waals surface area contributed by atoms with Gasteiger partial charge in [-0.05, 0) is 37.3 Å². The molecular formula is C17H21ClN2O2. The zero-order valence-electron chi connectivity index (χ0n) is 12.6. The largest absolute Gasteiger partial charge is 0.352 e. The SMILES string of the molecule is O=C(NCc1ccccc1Cl)C1CCN(C(=O)C2CC2)CC1. The molecule has 1 heterocycles. The van der Waals surface area contributed by atoms with Gasteiger partial charge in [0.2, 0.25) is 11.8 Å². The first kappa shape index (κ1) is 15.3. The second-order valence-corrected chi connectivity index (χ2v) is 6.59. The lowest BCUT2D eigenvalue weighted by Gasteiger charge is -2.31. The number of likely N-dealkylation sites (tertiary alicyclic amines) is 1. The molecule has 0 radical (unpaired) electrons. The van der Waals surface area contributed by atoms with Crippen LogP contribution in [0.2, 0.25) is 5.02 Å². The van der Waals surface area contributed by atoms with Crippen LogP contribution in [-0.4, -0.2) is 29.8 Å². The molecule has 1 saturated carbocycles. The Labute approximate surface area is 135 Å². The number of rotatable bonds is 4. The summed E-state index contributed by atoms with van der Waals surface area (Å²) in [6, 6.07) is 7.53. The van der Waals surface area contributed by atoms with Gasteiger partial charge >= 0.3 is 0 Å². The third-order valence-corrected chi connectivity index (χ3v) is 4.88. The minimum absolute atomic E-state index is 0.00532. The molecule has 1 aliphatic heterocycles. The van der Waals surface area contributed by atoms with Crippen molar-refractivity contribution in [1.82, 2.24) is 10.2 Å². The van der Waals surface area contributed by atoms with Gasteiger partial charge in [-0.3, -0.25) is 9.59 Å². The van der Waals surface area contributed by atoms with Crippen LogP contribution in [0.4, 0.5) is 0 Å². The van der Waals surface area contributed by atoms with Crippen molar-refractivity contribution >= 4 is 23.4 Å². The summed E-state index contributed by atoms with van der Waals surface area (Å²) < 4.78 is 0. The fraction of sp³-hybridized carbons (Fsp3) is 0.529. The van der Waals surface area contributed by atoms with Gasteiger partial charge < -0.3 is 10.2 Å². The number of benzene rings is 1. The average molecular weight is 321 g/mol. The zero-order valence-corrected chi connectivity index (χ0v) is 13.3. The first-order chi connectivity index (χ1) is 10.6. The third kappa shape index (κ3) is 3.61. The standard InChI is InChI=1S/C17H21ClN2O2/c18-15-4-2-1-3-14(15)11-19-16(21)12-7-9-20(10-8-12)17(22)13-5-6-13/h1-4,12-13H,5-11H2,(H,19,21). The van der Waals surface area contributed by atoms with Gasteiger partial charge in [0.25, 0.3) is 0 Å². The predicted octanol–water partition coefficient (Wildman–Crippen LogP) is 2.60. The molecule has 22 heavy (non-hydrogen) atoms. The van der Waals surface area contributed by atoms with Crippen LogP contribution in [-0.2, 0) is 16.1 Å². The van der Waals surface area contributed by atoms with Crippen molar-refractivity contribution in [3.8, 4) is 0 Å². The van der Waals surface area contributed by atoms with Gasteiger partial charge in [0.15, 0.2) is 0 Å². The number of amides is 2. The molecule has 118 valence electrons. The molecule has 2 aliphatic rings. The molecule has 0 aromatic heterocycles. The number of hydrogen-bond acceptors (Lipinski definition) is 2. The second-order valence-electron chi connectivity index (χ2n) is 6.18. The van der Waals surface area contributed by atoms with Crippen LogP contribution in [0.25, 0.3) is 0 Å². The molecule has 4 nitrogen and oxygen atoms in total. The molecule has 1 saturated heterocycles. The van der Waals surface area contributed by atoms with E-state index in [4.69, 9.17) is 11.6 Å². The highest BCUT2D eigenvalue weighted by Gasteiger charge is 2.35. The van der Waals surface area contributed by atoms with Crippen molar-refractivity contribution in [3.63, 3.8) is 0 Å². The Kier molecular flexibility index (Phi) is 4.67. The van der Waals surface area contributed by atoms with Gasteiger partial charge in [-0.15, -0.1) is 0 Å². The van der Waals surface area contributed by atoms with E-state index in [0.29, 0.717) is 24.7 Å². The van der Waals surface area contributed by atoms with Crippen LogP contribution in [0, 0.1) is 11.8 Å². The van der Waals surface area contributed by atoms with E-state index < -0.39 is 0 Å². The maximum atomic E-state index is 12.2. The van der Waals surface area contributed by atoms with Gasteiger partial charge in [0.1, 0.15) is 0 Å². The van der Waals surface area contributed by atoms with Crippen LogP contribution in [0.3, 0.4) is 0 Å². The number of hydrogen-bond donors (Lipinski definition) is 1. The fourth-order valence-electron chi connectivity index (χ4n) is 2.92. The molecule has 1 aromatic carbocycles. The van der Waals surface area contributed by atoms with Crippen LogP contribution in [0.15, 0.2) is 24.3 Å². The van der Waals surface area contributed by atoms with Crippen LogP contribution in [0.1, 0.15) is 31.2 Å². The zero-order chi connectivity index (χ0) is 15.5. The number of carbonyl (C=O) groups excluding carboxylic acids is 2. The Bertz CT molecular complexity index is 564. The highest BCUT2D eigenvalue weighted by atomic mass is 35.5. The summed E-state index contributed by atoms with van der Waals surface area (Å²) in [4.78, 5) is 26.2. The summed E-state index contributed by atoms with van der Waals surface area (Å²) in [6.45, 7) is 1.87. The summed E-state index contributed by atoms with van der Waals surface area (Å²) >= 11 is 6.09. The van der Waals surface area contributed by atoms with Gasteiger partial charge in [-0.25, -0.2) is 0 Å². The lowest BCUT2D eigenvalue weighted by atomic mass is 9.95. The van der Waals surface area contributed by atoms with Crippen molar-refractivity contribution in [2.24, 2.45) is 11.8 Å². The molecule has 0 bridgehead atoms. The summed E-state index contributed by atoms with van der Waals surface area (Å²) in [5.74, 6) is 0.629. The molecule has 1 aliphatic carbocycles. The van der Waals surface area contributed by atoms with Crippen molar-refractivity contribution in [1.29, 1.82) is 0 Å². The maximum Gasteiger partial charge on any atom is 0.225 e. The number of carbonyl (C=O) groups is 2. The molecule has 1 N–H and O–H groups in total. The average Bonchev–Trinajstić information content (AvgIpc) is 3.38. The number of nitrogens with one attached hydrogen (secondary N) is 1. The molecule has 0 atom stereocenters. The minimum Gasteiger partial charge on any atom is -0.352 e. The molecule has 2 amide bonds. The van der Waals surface area contributed by atoms with Crippen LogP contribution in [0.5, 0.6) is 0 Å². The summed E-state index contributed by atoms with van der Waals surface area (Å²) in [5, 5.41) is 3.64. The summed E-state index contributed by atoms with van der Waals surface area (Å²) in [6.07, 6.45) is 3.59. The second kappa shape index (κ2) is 6.69. The van der Waals surface area contributed by atoms with Gasteiger partial charge in [0.05, 0.1) is 0 Å². The monoisotopic (exact) mass is 320 g/mol. The Hall–Kier alpha value is -1.55. The van der Waals surface area contributed by atoms with Gasteiger partial charge in [0, 0.05) is 36.5 Å². The van der Waals surface area contributed by atoms with E-state index in [1.54, 1.807) is 0 Å². The molecule has 5 heteroatoms. The maximum absolute atomic E-state index is 12.2. The van der Waals surface area contributed by atoms with Crippen molar-refractivity contribution < 1.29 is 9.59 Å². The molecule has 3 rings (SSSR count). The van der Waals surface area contributed by atoms with Crippen molar-refractivity contribution in [3.05, 3.63) is 34.9 Å². The topological polar surface area (TPSA) is 49.4 Å². The summed E-state index contributed by atoms with van der Waals surface area (Å²) in [5.41, 5.74) is 0.930. The molecule has 0 unspecified atom stereocenters. The Balaban J connectivity index is 1.45. The van der Waals surface area contributed by atoms with Crippen LogP contribution < -0.4 is 5.32 Å². The van der Waals surface area contributed by atoms with E-state index in [1.807, 2.05) is 29.2 Å². The van der Waals surface area contributed by atoms with E-state index in [9.17, 15) is 9.59 Å². The number of nitrogens with zero attached hydrogens (tertiary/aromatic N) is 1.